The van der Waals surface area contributed by atoms with Crippen LogP contribution in [0.4, 0.5) is 5.95 Å². The molecule has 17 heavy (non-hydrogen) atoms. The van der Waals surface area contributed by atoms with Gasteiger partial charge in [0, 0.05) is 13.2 Å². The summed E-state index contributed by atoms with van der Waals surface area (Å²) in [6, 6.07) is 0. The molecule has 96 valence electrons. The number of nitrogens with zero attached hydrogens (tertiary/aromatic N) is 2. The van der Waals surface area contributed by atoms with Gasteiger partial charge < -0.3 is 15.2 Å². The Balaban J connectivity index is 2.36. The molecule has 1 aromatic heterocycles. The monoisotopic (exact) mass is 303 g/mol. The summed E-state index contributed by atoms with van der Waals surface area (Å²) in [5.74, 6) is 1.42. The molecule has 0 aliphatic rings. The van der Waals surface area contributed by atoms with Crippen molar-refractivity contribution in [2.45, 2.75) is 19.8 Å². The number of nitrogens with one attached hydrogen (secondary N) is 1. The number of hydrogen-bond donors (Lipinski definition) is 2. The lowest BCUT2D eigenvalue weighted by Gasteiger charge is -2.09. The average molecular weight is 304 g/mol. The van der Waals surface area contributed by atoms with Gasteiger partial charge in [-0.2, -0.15) is 4.98 Å². The van der Waals surface area contributed by atoms with Crippen LogP contribution in [0.5, 0.6) is 5.88 Å². The van der Waals surface area contributed by atoms with Crippen molar-refractivity contribution in [1.29, 1.82) is 0 Å². The summed E-state index contributed by atoms with van der Waals surface area (Å²) in [6.07, 6.45) is 3.62. The van der Waals surface area contributed by atoms with Crippen molar-refractivity contribution >= 4 is 21.9 Å². The molecule has 1 aromatic rings. The molecule has 0 radical (unpaired) electrons. The first kappa shape index (κ1) is 14.2. The van der Waals surface area contributed by atoms with Gasteiger partial charge in [-0.15, -0.1) is 0 Å². The van der Waals surface area contributed by atoms with Crippen molar-refractivity contribution in [3.8, 4) is 5.88 Å². The Morgan fingerprint density at radius 3 is 3.00 bits per heavy atom. The highest BCUT2D eigenvalue weighted by Crippen LogP contribution is 2.21. The largest absolute Gasteiger partial charge is 0.480 e. The van der Waals surface area contributed by atoms with E-state index in [9.17, 15) is 0 Å². The second kappa shape index (κ2) is 7.45. The second-order valence-electron chi connectivity index (χ2n) is 3.91. The predicted molar refractivity (Wildman–Crippen MR) is 70.3 cm³/mol. The zero-order valence-corrected chi connectivity index (χ0v) is 11.7. The molecule has 2 N–H and O–H groups in total. The zero-order valence-electron chi connectivity index (χ0n) is 10.1. The van der Waals surface area contributed by atoms with Crippen LogP contribution < -0.4 is 10.1 Å². The Morgan fingerprint density at radius 2 is 2.35 bits per heavy atom. The molecule has 0 aliphatic heterocycles. The lowest BCUT2D eigenvalue weighted by Crippen LogP contribution is -2.09. The summed E-state index contributed by atoms with van der Waals surface area (Å²) in [7, 11) is 1.57. The van der Waals surface area contributed by atoms with Crippen LogP contribution in [0.3, 0.4) is 0 Å². The van der Waals surface area contributed by atoms with Gasteiger partial charge in [-0.25, -0.2) is 4.98 Å². The van der Waals surface area contributed by atoms with E-state index in [0.717, 1.165) is 23.9 Å². The Hall–Kier alpha value is -0.880. The fourth-order valence-corrected chi connectivity index (χ4v) is 1.67. The summed E-state index contributed by atoms with van der Waals surface area (Å²) in [5, 5.41) is 12.0. The third kappa shape index (κ3) is 4.87. The maximum atomic E-state index is 8.88. The summed E-state index contributed by atoms with van der Waals surface area (Å²) in [5.41, 5.74) is 0. The summed E-state index contributed by atoms with van der Waals surface area (Å²) < 4.78 is 5.81. The number of hydrogen-bond acceptors (Lipinski definition) is 5. The van der Waals surface area contributed by atoms with E-state index >= 15 is 0 Å². The van der Waals surface area contributed by atoms with Crippen molar-refractivity contribution in [1.82, 2.24) is 9.97 Å². The molecule has 0 fully saturated rings. The van der Waals surface area contributed by atoms with E-state index in [1.807, 2.05) is 6.92 Å². The van der Waals surface area contributed by atoms with E-state index in [1.165, 1.54) is 0 Å². The average Bonchev–Trinajstić information content (AvgIpc) is 2.36. The van der Waals surface area contributed by atoms with Gasteiger partial charge in [-0.3, -0.25) is 0 Å². The highest BCUT2D eigenvalue weighted by atomic mass is 79.9. The van der Waals surface area contributed by atoms with Crippen molar-refractivity contribution in [3.05, 3.63) is 10.7 Å². The van der Waals surface area contributed by atoms with Gasteiger partial charge in [0.2, 0.25) is 11.8 Å². The van der Waals surface area contributed by atoms with Crippen LogP contribution >= 0.6 is 15.9 Å². The number of ether oxygens (including phenoxy) is 1. The number of aromatic nitrogens is 2. The summed E-state index contributed by atoms with van der Waals surface area (Å²) >= 11 is 3.30. The molecule has 1 atom stereocenters. The molecule has 1 rings (SSSR count). The van der Waals surface area contributed by atoms with Gasteiger partial charge in [0.05, 0.1) is 17.8 Å². The van der Waals surface area contributed by atoms with E-state index in [-0.39, 0.29) is 6.61 Å². The highest BCUT2D eigenvalue weighted by Gasteiger charge is 2.04. The van der Waals surface area contributed by atoms with Gasteiger partial charge in [-0.1, -0.05) is 6.92 Å². The van der Waals surface area contributed by atoms with Crippen molar-refractivity contribution < 1.29 is 9.84 Å². The molecule has 0 amide bonds. The molecular weight excluding hydrogens is 286 g/mol. The Bertz CT molecular complexity index is 349. The molecule has 0 aliphatic carbocycles. The molecule has 0 spiro atoms. The van der Waals surface area contributed by atoms with Crippen molar-refractivity contribution in [2.24, 2.45) is 5.92 Å². The smallest absolute Gasteiger partial charge is 0.232 e. The number of methoxy groups -OCH3 is 1. The van der Waals surface area contributed by atoms with Crippen LogP contribution in [0.25, 0.3) is 0 Å². The molecule has 0 saturated heterocycles. The van der Waals surface area contributed by atoms with Crippen LogP contribution in [0.1, 0.15) is 19.8 Å². The van der Waals surface area contributed by atoms with Gasteiger partial charge >= 0.3 is 0 Å². The van der Waals surface area contributed by atoms with E-state index in [0.29, 0.717) is 17.7 Å². The molecule has 5 nitrogen and oxygen atoms in total. The number of anilines is 1. The van der Waals surface area contributed by atoms with Crippen LogP contribution in [0, 0.1) is 5.92 Å². The minimum absolute atomic E-state index is 0.239. The van der Waals surface area contributed by atoms with Crippen molar-refractivity contribution in [2.75, 3.05) is 25.6 Å². The molecule has 1 heterocycles. The maximum Gasteiger partial charge on any atom is 0.232 e. The summed E-state index contributed by atoms with van der Waals surface area (Å²) in [6.45, 7) is 3.05. The normalized spacial score (nSPS) is 12.2. The molecule has 0 saturated carbocycles. The molecule has 0 aromatic carbocycles. The number of aliphatic hydroxyl groups is 1. The minimum Gasteiger partial charge on any atom is -0.480 e. The number of rotatable bonds is 7. The maximum absolute atomic E-state index is 8.88. The van der Waals surface area contributed by atoms with Gasteiger partial charge in [-0.05, 0) is 34.7 Å². The first-order valence-corrected chi connectivity index (χ1v) is 6.38. The van der Waals surface area contributed by atoms with Crippen LogP contribution in [0.15, 0.2) is 10.7 Å². The van der Waals surface area contributed by atoms with Crippen LogP contribution in [0.2, 0.25) is 0 Å². The van der Waals surface area contributed by atoms with Crippen LogP contribution in [-0.2, 0) is 0 Å². The van der Waals surface area contributed by atoms with E-state index < -0.39 is 0 Å². The zero-order chi connectivity index (χ0) is 12.7. The molecule has 1 unspecified atom stereocenters. The SMILES string of the molecule is COc1nc(NCCCC(C)CO)ncc1Br. The lowest BCUT2D eigenvalue weighted by atomic mass is 10.1. The second-order valence-corrected chi connectivity index (χ2v) is 4.76. The molecular formula is C11H18BrN3O2. The van der Waals surface area contributed by atoms with Gasteiger partial charge in [0.1, 0.15) is 0 Å². The Morgan fingerprint density at radius 1 is 1.59 bits per heavy atom. The first-order chi connectivity index (χ1) is 8.17. The third-order valence-corrected chi connectivity index (χ3v) is 2.92. The fourth-order valence-electron chi connectivity index (χ4n) is 1.32. The predicted octanol–water partition coefficient (Wildman–Crippen LogP) is 2.07. The number of halogens is 1. The molecule has 6 heteroatoms. The van der Waals surface area contributed by atoms with E-state index in [1.54, 1.807) is 13.3 Å². The lowest BCUT2D eigenvalue weighted by molar-refractivity contribution is 0.229. The summed E-state index contributed by atoms with van der Waals surface area (Å²) in [4.78, 5) is 8.31. The Labute approximate surface area is 110 Å². The first-order valence-electron chi connectivity index (χ1n) is 5.58. The fraction of sp³-hybridized carbons (Fsp3) is 0.636. The van der Waals surface area contributed by atoms with Gasteiger partial charge in [0.15, 0.2) is 0 Å². The van der Waals surface area contributed by atoms with E-state index in [2.05, 4.69) is 31.2 Å². The van der Waals surface area contributed by atoms with Gasteiger partial charge in [0.25, 0.3) is 0 Å². The van der Waals surface area contributed by atoms with Crippen LogP contribution in [-0.4, -0.2) is 35.3 Å². The quantitative estimate of drug-likeness (QED) is 0.755. The highest BCUT2D eigenvalue weighted by molar-refractivity contribution is 9.10. The third-order valence-electron chi connectivity index (χ3n) is 2.37. The Kier molecular flexibility index (Phi) is 6.21. The minimum atomic E-state index is 0.239. The van der Waals surface area contributed by atoms with E-state index in [4.69, 9.17) is 9.84 Å². The number of aliphatic hydroxyl groups excluding tert-OH is 1. The standard InChI is InChI=1S/C11H18BrN3O2/c1-8(7-16)4-3-5-13-11-14-6-9(12)10(15-11)17-2/h6,8,16H,3-5,7H2,1-2H3,(H,13,14,15). The van der Waals surface area contributed by atoms with Crippen molar-refractivity contribution in [3.63, 3.8) is 0 Å². The topological polar surface area (TPSA) is 67.3 Å². The molecule has 0 bridgehead atoms.